The van der Waals surface area contributed by atoms with Gasteiger partial charge in [0.25, 0.3) is 0 Å². The first kappa shape index (κ1) is 15.2. The second kappa shape index (κ2) is 7.53. The van der Waals surface area contributed by atoms with Crippen molar-refractivity contribution >= 4 is 5.78 Å². The highest BCUT2D eigenvalue weighted by atomic mass is 16.7. The van der Waals surface area contributed by atoms with E-state index in [1.807, 2.05) is 37.3 Å². The fourth-order valence-corrected chi connectivity index (χ4v) is 2.39. The zero-order valence-corrected chi connectivity index (χ0v) is 12.1. The Kier molecular flexibility index (Phi) is 5.71. The van der Waals surface area contributed by atoms with Crippen molar-refractivity contribution < 1.29 is 19.0 Å². The molecule has 1 aromatic rings. The maximum Gasteiger partial charge on any atom is 0.161 e. The number of Topliss-reactive ketones (excluding diaryl/α,β-unsaturated/α-hetero) is 1. The van der Waals surface area contributed by atoms with Gasteiger partial charge >= 0.3 is 0 Å². The summed E-state index contributed by atoms with van der Waals surface area (Å²) in [7, 11) is 0. The van der Waals surface area contributed by atoms with E-state index in [1.165, 1.54) is 0 Å². The van der Waals surface area contributed by atoms with Crippen LogP contribution in [-0.4, -0.2) is 31.9 Å². The van der Waals surface area contributed by atoms with Crippen LogP contribution >= 0.6 is 0 Å². The quantitative estimate of drug-likeness (QED) is 0.768. The molecule has 2 atom stereocenters. The molecule has 1 aliphatic rings. The van der Waals surface area contributed by atoms with Crippen LogP contribution in [0, 0.1) is 11.8 Å². The highest BCUT2D eigenvalue weighted by Crippen LogP contribution is 2.23. The summed E-state index contributed by atoms with van der Waals surface area (Å²) in [6.45, 7) is 5.70. The lowest BCUT2D eigenvalue weighted by Crippen LogP contribution is -2.33. The number of carbonyl (C=O) groups excluding carboxylic acids is 1. The Balaban J connectivity index is 1.84. The largest absolute Gasteiger partial charge is 0.376 e. The van der Waals surface area contributed by atoms with Gasteiger partial charge in [-0.05, 0) is 12.5 Å². The maximum absolute atomic E-state index is 11.8. The molecule has 1 aliphatic heterocycles. The van der Waals surface area contributed by atoms with E-state index < -0.39 is 0 Å². The zero-order chi connectivity index (χ0) is 14.4. The summed E-state index contributed by atoms with van der Waals surface area (Å²) in [5, 5.41) is 0. The highest BCUT2D eigenvalue weighted by Gasteiger charge is 2.32. The number of hydrogen-bond acceptors (Lipinski definition) is 4. The Morgan fingerprint density at radius 2 is 1.95 bits per heavy atom. The molecule has 0 aliphatic carbocycles. The van der Waals surface area contributed by atoms with E-state index in [0.717, 1.165) is 5.56 Å². The summed E-state index contributed by atoms with van der Waals surface area (Å²) in [5.74, 6) is -0.0720. The van der Waals surface area contributed by atoms with E-state index in [-0.39, 0.29) is 23.9 Å². The number of hydrogen-bond donors (Lipinski definition) is 0. The minimum absolute atomic E-state index is 0.00535. The van der Waals surface area contributed by atoms with Gasteiger partial charge in [0.15, 0.2) is 6.29 Å². The topological polar surface area (TPSA) is 44.8 Å². The van der Waals surface area contributed by atoms with Crippen molar-refractivity contribution in [2.75, 3.05) is 19.8 Å². The predicted molar refractivity (Wildman–Crippen MR) is 75.1 cm³/mol. The average Bonchev–Trinajstić information content (AvgIpc) is 2.98. The second-order valence-electron chi connectivity index (χ2n) is 5.19. The second-order valence-corrected chi connectivity index (χ2v) is 5.19. The van der Waals surface area contributed by atoms with Crippen LogP contribution in [0.15, 0.2) is 30.3 Å². The molecule has 0 spiro atoms. The molecule has 110 valence electrons. The fourth-order valence-electron chi connectivity index (χ4n) is 2.39. The Morgan fingerprint density at radius 1 is 1.30 bits per heavy atom. The smallest absolute Gasteiger partial charge is 0.161 e. The van der Waals surface area contributed by atoms with Gasteiger partial charge in [-0.3, -0.25) is 4.79 Å². The van der Waals surface area contributed by atoms with Crippen molar-refractivity contribution in [2.24, 2.45) is 11.8 Å². The standard InChI is InChI=1S/C16H22O4/c1-12(16-19-8-9-20-16)15(13(2)17)11-18-10-14-6-4-3-5-7-14/h3-7,12,15-16H,8-11H2,1-2H3/t12-,15-/m1/s1. The number of ketones is 1. The SMILES string of the molecule is CC(=O)[C@H](COCc1ccccc1)[C@@H](C)C1OCCO1. The number of ether oxygens (including phenoxy) is 3. The van der Waals surface area contributed by atoms with Crippen molar-refractivity contribution in [1.29, 1.82) is 0 Å². The number of rotatable bonds is 7. The van der Waals surface area contributed by atoms with Crippen molar-refractivity contribution in [1.82, 2.24) is 0 Å². The monoisotopic (exact) mass is 278 g/mol. The van der Waals surface area contributed by atoms with E-state index in [0.29, 0.717) is 26.4 Å². The molecule has 0 N–H and O–H groups in total. The Hall–Kier alpha value is -1.23. The van der Waals surface area contributed by atoms with Crippen molar-refractivity contribution in [2.45, 2.75) is 26.7 Å². The van der Waals surface area contributed by atoms with Gasteiger partial charge in [-0.15, -0.1) is 0 Å². The van der Waals surface area contributed by atoms with Gasteiger partial charge in [-0.25, -0.2) is 0 Å². The van der Waals surface area contributed by atoms with Gasteiger partial charge in [0, 0.05) is 11.8 Å². The molecule has 0 unspecified atom stereocenters. The van der Waals surface area contributed by atoms with Crippen LogP contribution in [0.2, 0.25) is 0 Å². The Bertz CT molecular complexity index is 412. The van der Waals surface area contributed by atoms with Crippen LogP contribution < -0.4 is 0 Å². The molecule has 0 bridgehead atoms. The molecule has 1 aromatic carbocycles. The summed E-state index contributed by atoms with van der Waals surface area (Å²) < 4.78 is 16.7. The fraction of sp³-hybridized carbons (Fsp3) is 0.562. The molecule has 0 aromatic heterocycles. The van der Waals surface area contributed by atoms with Gasteiger partial charge in [-0.1, -0.05) is 37.3 Å². The average molecular weight is 278 g/mol. The minimum Gasteiger partial charge on any atom is -0.376 e. The molecule has 20 heavy (non-hydrogen) atoms. The first-order chi connectivity index (χ1) is 9.68. The lowest BCUT2D eigenvalue weighted by molar-refractivity contribution is -0.137. The summed E-state index contributed by atoms with van der Waals surface area (Å²) in [5.41, 5.74) is 1.11. The van der Waals surface area contributed by atoms with E-state index in [9.17, 15) is 4.79 Å². The molecular formula is C16H22O4. The van der Waals surface area contributed by atoms with E-state index >= 15 is 0 Å². The molecule has 4 heteroatoms. The minimum atomic E-state index is -0.288. The molecule has 0 amide bonds. The van der Waals surface area contributed by atoms with Crippen LogP contribution in [-0.2, 0) is 25.6 Å². The van der Waals surface area contributed by atoms with Crippen LogP contribution in [0.25, 0.3) is 0 Å². The molecule has 2 rings (SSSR count). The lowest BCUT2D eigenvalue weighted by atomic mass is 9.91. The summed E-state index contributed by atoms with van der Waals surface area (Å²) >= 11 is 0. The molecule has 1 heterocycles. The van der Waals surface area contributed by atoms with Crippen molar-refractivity contribution in [3.63, 3.8) is 0 Å². The van der Waals surface area contributed by atoms with Gasteiger partial charge in [-0.2, -0.15) is 0 Å². The third kappa shape index (κ3) is 4.13. The normalized spacial score (nSPS) is 18.9. The maximum atomic E-state index is 11.8. The molecule has 0 saturated carbocycles. The number of benzene rings is 1. The molecule has 1 saturated heterocycles. The Morgan fingerprint density at radius 3 is 2.55 bits per heavy atom. The molecule has 1 fully saturated rings. The van der Waals surface area contributed by atoms with Gasteiger partial charge in [0.05, 0.1) is 26.4 Å². The lowest BCUT2D eigenvalue weighted by Gasteiger charge is -2.25. The van der Waals surface area contributed by atoms with E-state index in [4.69, 9.17) is 14.2 Å². The van der Waals surface area contributed by atoms with Crippen LogP contribution in [0.4, 0.5) is 0 Å². The van der Waals surface area contributed by atoms with Crippen molar-refractivity contribution in [3.8, 4) is 0 Å². The first-order valence-corrected chi connectivity index (χ1v) is 7.04. The first-order valence-electron chi connectivity index (χ1n) is 7.04. The molecular weight excluding hydrogens is 256 g/mol. The highest BCUT2D eigenvalue weighted by molar-refractivity contribution is 5.78. The number of carbonyl (C=O) groups is 1. The molecule has 0 radical (unpaired) electrons. The third-order valence-electron chi connectivity index (χ3n) is 3.64. The van der Waals surface area contributed by atoms with Gasteiger partial charge in [0.1, 0.15) is 5.78 Å². The van der Waals surface area contributed by atoms with Crippen molar-refractivity contribution in [3.05, 3.63) is 35.9 Å². The third-order valence-corrected chi connectivity index (χ3v) is 3.64. The zero-order valence-electron chi connectivity index (χ0n) is 12.1. The van der Waals surface area contributed by atoms with Crippen LogP contribution in [0.1, 0.15) is 19.4 Å². The predicted octanol–water partition coefficient (Wildman–Crippen LogP) is 2.42. The summed E-state index contributed by atoms with van der Waals surface area (Å²) in [4.78, 5) is 11.8. The van der Waals surface area contributed by atoms with E-state index in [2.05, 4.69) is 0 Å². The summed E-state index contributed by atoms with van der Waals surface area (Å²) in [6, 6.07) is 9.94. The Labute approximate surface area is 120 Å². The van der Waals surface area contributed by atoms with Gasteiger partial charge in [0.2, 0.25) is 0 Å². The van der Waals surface area contributed by atoms with Gasteiger partial charge < -0.3 is 14.2 Å². The van der Waals surface area contributed by atoms with Crippen LogP contribution in [0.5, 0.6) is 0 Å². The molecule has 4 nitrogen and oxygen atoms in total. The summed E-state index contributed by atoms with van der Waals surface area (Å²) in [6.07, 6.45) is -0.288. The van der Waals surface area contributed by atoms with Crippen LogP contribution in [0.3, 0.4) is 0 Å². The van der Waals surface area contributed by atoms with E-state index in [1.54, 1.807) is 6.92 Å².